The quantitative estimate of drug-likeness (QED) is 0.848. The van der Waals surface area contributed by atoms with Crippen LogP contribution in [0.2, 0.25) is 0 Å². The van der Waals surface area contributed by atoms with Gasteiger partial charge in [-0.25, -0.2) is 4.98 Å². The average Bonchev–Trinajstić information content (AvgIpc) is 3.28. The fourth-order valence-electron chi connectivity index (χ4n) is 4.29. The molecule has 0 bridgehead atoms. The number of aromatic nitrogens is 1. The Balaban J connectivity index is 1.36. The van der Waals surface area contributed by atoms with Crippen LogP contribution in [0, 0.1) is 5.92 Å². The van der Waals surface area contributed by atoms with Crippen molar-refractivity contribution in [2.24, 2.45) is 5.92 Å². The SMILES string of the molecule is CC1([C@@H]2CCCN(Cc3ccc(N4CCCC4)nc3)C2)OCCO1. The molecule has 1 atom stereocenters. The van der Waals surface area contributed by atoms with E-state index in [1.54, 1.807) is 0 Å². The van der Waals surface area contributed by atoms with Gasteiger partial charge in [-0.2, -0.15) is 0 Å². The van der Waals surface area contributed by atoms with Gasteiger partial charge in [-0.05, 0) is 50.8 Å². The number of pyridine rings is 1. The summed E-state index contributed by atoms with van der Waals surface area (Å²) in [6, 6.07) is 4.43. The van der Waals surface area contributed by atoms with E-state index in [4.69, 9.17) is 9.47 Å². The molecule has 1 aromatic rings. The molecule has 0 spiro atoms. The number of likely N-dealkylation sites (tertiary alicyclic amines) is 1. The van der Waals surface area contributed by atoms with Gasteiger partial charge in [0, 0.05) is 38.3 Å². The molecular formula is C19H29N3O2. The van der Waals surface area contributed by atoms with Gasteiger partial charge in [-0.15, -0.1) is 0 Å². The maximum absolute atomic E-state index is 5.88. The van der Waals surface area contributed by atoms with Crippen molar-refractivity contribution in [2.75, 3.05) is 44.3 Å². The predicted molar refractivity (Wildman–Crippen MR) is 94.0 cm³/mol. The van der Waals surface area contributed by atoms with Crippen molar-refractivity contribution in [1.29, 1.82) is 0 Å². The van der Waals surface area contributed by atoms with E-state index < -0.39 is 0 Å². The summed E-state index contributed by atoms with van der Waals surface area (Å²) >= 11 is 0. The van der Waals surface area contributed by atoms with Crippen LogP contribution < -0.4 is 4.90 Å². The normalized spacial score (nSPS) is 27.7. The summed E-state index contributed by atoms with van der Waals surface area (Å²) in [5.41, 5.74) is 1.30. The molecule has 0 radical (unpaired) electrons. The number of piperidine rings is 1. The molecule has 5 nitrogen and oxygen atoms in total. The van der Waals surface area contributed by atoms with Crippen LogP contribution in [0.25, 0.3) is 0 Å². The molecule has 3 fully saturated rings. The highest BCUT2D eigenvalue weighted by molar-refractivity contribution is 5.40. The fourth-order valence-corrected chi connectivity index (χ4v) is 4.29. The van der Waals surface area contributed by atoms with Gasteiger partial charge in [0.2, 0.25) is 0 Å². The number of anilines is 1. The third-order valence-electron chi connectivity index (χ3n) is 5.75. The molecule has 1 aromatic heterocycles. The Bertz CT molecular complexity index is 536. The molecule has 132 valence electrons. The van der Waals surface area contributed by atoms with Crippen LogP contribution in [0.4, 0.5) is 5.82 Å². The Labute approximate surface area is 144 Å². The van der Waals surface area contributed by atoms with Crippen molar-refractivity contribution in [3.05, 3.63) is 23.9 Å². The maximum Gasteiger partial charge on any atom is 0.169 e. The fraction of sp³-hybridized carbons (Fsp3) is 0.737. The molecule has 3 saturated heterocycles. The van der Waals surface area contributed by atoms with Crippen LogP contribution in [0.3, 0.4) is 0 Å². The predicted octanol–water partition coefficient (Wildman–Crippen LogP) is 2.66. The lowest BCUT2D eigenvalue weighted by atomic mass is 9.90. The zero-order valence-corrected chi connectivity index (χ0v) is 14.7. The van der Waals surface area contributed by atoms with Crippen LogP contribution in [0.15, 0.2) is 18.3 Å². The Morgan fingerprint density at radius 3 is 2.62 bits per heavy atom. The number of hydrogen-bond acceptors (Lipinski definition) is 5. The van der Waals surface area contributed by atoms with Crippen molar-refractivity contribution >= 4 is 5.82 Å². The summed E-state index contributed by atoms with van der Waals surface area (Å²) in [7, 11) is 0. The maximum atomic E-state index is 5.88. The minimum atomic E-state index is -0.378. The van der Waals surface area contributed by atoms with Gasteiger partial charge in [0.15, 0.2) is 5.79 Å². The monoisotopic (exact) mass is 331 g/mol. The van der Waals surface area contributed by atoms with Crippen LogP contribution in [0.1, 0.15) is 38.2 Å². The molecule has 24 heavy (non-hydrogen) atoms. The van der Waals surface area contributed by atoms with E-state index >= 15 is 0 Å². The summed E-state index contributed by atoms with van der Waals surface area (Å²) in [6.45, 7) is 9.05. The van der Waals surface area contributed by atoms with Gasteiger partial charge in [0.25, 0.3) is 0 Å². The van der Waals surface area contributed by atoms with Crippen molar-refractivity contribution in [1.82, 2.24) is 9.88 Å². The van der Waals surface area contributed by atoms with Gasteiger partial charge >= 0.3 is 0 Å². The molecule has 5 heteroatoms. The highest BCUT2D eigenvalue weighted by Gasteiger charge is 2.41. The largest absolute Gasteiger partial charge is 0.357 e. The summed E-state index contributed by atoms with van der Waals surface area (Å²) in [6.07, 6.45) is 7.05. The number of nitrogens with zero attached hydrogens (tertiary/aromatic N) is 3. The summed E-state index contributed by atoms with van der Waals surface area (Å²) in [4.78, 5) is 9.60. The van der Waals surface area contributed by atoms with E-state index in [-0.39, 0.29) is 5.79 Å². The molecule has 0 aliphatic carbocycles. The van der Waals surface area contributed by atoms with E-state index in [0.29, 0.717) is 5.92 Å². The van der Waals surface area contributed by atoms with Crippen molar-refractivity contribution < 1.29 is 9.47 Å². The molecule has 0 amide bonds. The molecule has 3 aliphatic heterocycles. The van der Waals surface area contributed by atoms with Gasteiger partial charge in [-0.1, -0.05) is 6.07 Å². The van der Waals surface area contributed by atoms with Crippen molar-refractivity contribution in [3.63, 3.8) is 0 Å². The van der Waals surface area contributed by atoms with E-state index in [1.165, 1.54) is 31.2 Å². The van der Waals surface area contributed by atoms with Crippen LogP contribution >= 0.6 is 0 Å². The average molecular weight is 331 g/mol. The number of rotatable bonds is 4. The topological polar surface area (TPSA) is 37.8 Å². The molecule has 4 rings (SSSR count). The first kappa shape index (κ1) is 16.3. The van der Waals surface area contributed by atoms with Gasteiger partial charge in [0.05, 0.1) is 13.2 Å². The van der Waals surface area contributed by atoms with Gasteiger partial charge in [0.1, 0.15) is 5.82 Å². The smallest absolute Gasteiger partial charge is 0.169 e. The van der Waals surface area contributed by atoms with E-state index in [1.807, 2.05) is 0 Å². The first-order valence-electron chi connectivity index (χ1n) is 9.43. The molecule has 0 unspecified atom stereocenters. The van der Waals surface area contributed by atoms with Crippen LogP contribution in [-0.2, 0) is 16.0 Å². The minimum Gasteiger partial charge on any atom is -0.357 e. The van der Waals surface area contributed by atoms with Crippen LogP contribution in [0.5, 0.6) is 0 Å². The molecule has 4 heterocycles. The third kappa shape index (κ3) is 3.44. The second-order valence-electron chi connectivity index (χ2n) is 7.51. The lowest BCUT2D eigenvalue weighted by Crippen LogP contribution is -2.46. The Morgan fingerprint density at radius 1 is 1.12 bits per heavy atom. The first-order chi connectivity index (χ1) is 11.7. The lowest BCUT2D eigenvalue weighted by molar-refractivity contribution is -0.192. The zero-order valence-electron chi connectivity index (χ0n) is 14.7. The molecule has 0 aromatic carbocycles. The third-order valence-corrected chi connectivity index (χ3v) is 5.75. The molecule has 0 N–H and O–H groups in total. The van der Waals surface area contributed by atoms with E-state index in [2.05, 4.69) is 40.0 Å². The highest BCUT2D eigenvalue weighted by Crippen LogP contribution is 2.34. The Kier molecular flexibility index (Phi) is 4.74. The van der Waals surface area contributed by atoms with Crippen molar-refractivity contribution in [3.8, 4) is 0 Å². The van der Waals surface area contributed by atoms with Gasteiger partial charge < -0.3 is 14.4 Å². The zero-order chi connectivity index (χ0) is 16.4. The highest BCUT2D eigenvalue weighted by atomic mass is 16.7. The second kappa shape index (κ2) is 6.98. The summed E-state index contributed by atoms with van der Waals surface area (Å²) in [5.74, 6) is 1.22. The minimum absolute atomic E-state index is 0.378. The van der Waals surface area contributed by atoms with E-state index in [9.17, 15) is 0 Å². The molecule has 0 saturated carbocycles. The Hall–Kier alpha value is -1.17. The standard InChI is InChI=1S/C19H29N3O2/c1-19(23-11-12-24-19)17-5-4-8-21(15-17)14-16-6-7-18(20-13-16)22-9-2-3-10-22/h6-7,13,17H,2-5,8-12,14-15H2,1H3/t17-/m1/s1. The number of ether oxygens (including phenoxy) is 2. The number of hydrogen-bond donors (Lipinski definition) is 0. The first-order valence-corrected chi connectivity index (χ1v) is 9.43. The van der Waals surface area contributed by atoms with Crippen molar-refractivity contribution in [2.45, 2.75) is 44.9 Å². The molecular weight excluding hydrogens is 302 g/mol. The summed E-state index contributed by atoms with van der Waals surface area (Å²) in [5, 5.41) is 0. The van der Waals surface area contributed by atoms with E-state index in [0.717, 1.165) is 51.8 Å². The molecule has 3 aliphatic rings. The van der Waals surface area contributed by atoms with Gasteiger partial charge in [-0.3, -0.25) is 4.90 Å². The van der Waals surface area contributed by atoms with Crippen LogP contribution in [-0.4, -0.2) is 55.1 Å². The second-order valence-corrected chi connectivity index (χ2v) is 7.51. The Morgan fingerprint density at radius 2 is 1.92 bits per heavy atom. The lowest BCUT2D eigenvalue weighted by Gasteiger charge is -2.40. The summed E-state index contributed by atoms with van der Waals surface area (Å²) < 4.78 is 11.8.